The molecule has 0 spiro atoms. The lowest BCUT2D eigenvalue weighted by atomic mass is 10.1. The summed E-state index contributed by atoms with van der Waals surface area (Å²) in [6, 6.07) is 3.11. The molecule has 0 aliphatic heterocycles. The number of nitrogens with zero attached hydrogens (tertiary/aromatic N) is 4. The minimum absolute atomic E-state index is 0.0360. The van der Waals surface area contributed by atoms with Crippen LogP contribution >= 0.6 is 0 Å². The van der Waals surface area contributed by atoms with Crippen LogP contribution in [-0.4, -0.2) is 33.9 Å². The van der Waals surface area contributed by atoms with Gasteiger partial charge in [-0.1, -0.05) is 13.3 Å². The van der Waals surface area contributed by atoms with Gasteiger partial charge in [0.2, 0.25) is 0 Å². The van der Waals surface area contributed by atoms with Crippen LogP contribution in [0.5, 0.6) is 0 Å². The Morgan fingerprint density at radius 1 is 1.43 bits per heavy atom. The lowest BCUT2D eigenvalue weighted by molar-refractivity contribution is 0.144. The molecular weight excluding hydrogens is 273 g/mol. The third-order valence-corrected chi connectivity index (χ3v) is 3.34. The lowest BCUT2D eigenvalue weighted by Gasteiger charge is -2.17. The van der Waals surface area contributed by atoms with Crippen molar-refractivity contribution in [2.75, 3.05) is 19.5 Å². The summed E-state index contributed by atoms with van der Waals surface area (Å²) in [4.78, 5) is 0. The maximum absolute atomic E-state index is 14.4. The van der Waals surface area contributed by atoms with Crippen LogP contribution in [0.3, 0.4) is 0 Å². The molecule has 2 rings (SSSR count). The minimum atomic E-state index is -0.354. The molecule has 0 fully saturated rings. The fourth-order valence-electron chi connectivity index (χ4n) is 2.38. The molecule has 1 aromatic heterocycles. The number of rotatable bonds is 6. The standard InChI is InChI=1S/C14H20FN5O/c1-4-5-11(8-21-3)20-14(17-18-19-20)12-7-10(16)6-9(2)13(12)15/h6-7,11H,4-5,8,16H2,1-3H3. The van der Waals surface area contributed by atoms with Crippen LogP contribution in [0.1, 0.15) is 31.4 Å². The third-order valence-electron chi connectivity index (χ3n) is 3.34. The molecule has 2 aromatic rings. The van der Waals surface area contributed by atoms with Gasteiger partial charge in [0.25, 0.3) is 0 Å². The van der Waals surface area contributed by atoms with Crippen molar-refractivity contribution in [2.45, 2.75) is 32.7 Å². The van der Waals surface area contributed by atoms with Crippen LogP contribution in [0.25, 0.3) is 11.4 Å². The summed E-state index contributed by atoms with van der Waals surface area (Å²) in [5.41, 5.74) is 7.08. The van der Waals surface area contributed by atoms with Gasteiger partial charge in [0, 0.05) is 12.8 Å². The first-order valence-electron chi connectivity index (χ1n) is 6.91. The number of hydrogen-bond acceptors (Lipinski definition) is 5. The van der Waals surface area contributed by atoms with Crippen molar-refractivity contribution in [3.8, 4) is 11.4 Å². The zero-order valence-corrected chi connectivity index (χ0v) is 12.5. The predicted molar refractivity (Wildman–Crippen MR) is 78.2 cm³/mol. The average Bonchev–Trinajstić information content (AvgIpc) is 2.91. The van der Waals surface area contributed by atoms with Gasteiger partial charge >= 0.3 is 0 Å². The molecule has 0 radical (unpaired) electrons. The van der Waals surface area contributed by atoms with Gasteiger partial charge in [-0.25, -0.2) is 9.07 Å². The number of nitrogens with two attached hydrogens (primary N) is 1. The molecule has 1 atom stereocenters. The SMILES string of the molecule is CCCC(COC)n1nnnc1-c1cc(N)cc(C)c1F. The highest BCUT2D eigenvalue weighted by Gasteiger charge is 2.21. The summed E-state index contributed by atoms with van der Waals surface area (Å²) in [7, 11) is 1.62. The van der Waals surface area contributed by atoms with Crippen molar-refractivity contribution in [3.05, 3.63) is 23.5 Å². The molecule has 0 aliphatic carbocycles. The monoisotopic (exact) mass is 293 g/mol. The molecule has 6 nitrogen and oxygen atoms in total. The van der Waals surface area contributed by atoms with Gasteiger partial charge in [-0.2, -0.15) is 0 Å². The number of aryl methyl sites for hydroxylation is 1. The Balaban J connectivity index is 2.49. The van der Waals surface area contributed by atoms with E-state index in [-0.39, 0.29) is 11.9 Å². The second-order valence-corrected chi connectivity index (χ2v) is 5.04. The van der Waals surface area contributed by atoms with E-state index < -0.39 is 0 Å². The topological polar surface area (TPSA) is 78.8 Å². The first-order chi connectivity index (χ1) is 10.1. The number of aromatic nitrogens is 4. The number of methoxy groups -OCH3 is 1. The molecule has 0 saturated heterocycles. The van der Waals surface area contributed by atoms with Gasteiger partial charge in [-0.05, 0) is 41.5 Å². The Hall–Kier alpha value is -2.02. The Labute approximate surface area is 123 Å². The van der Waals surface area contributed by atoms with Crippen molar-refractivity contribution in [3.63, 3.8) is 0 Å². The van der Waals surface area contributed by atoms with Crippen molar-refractivity contribution in [1.29, 1.82) is 0 Å². The highest BCUT2D eigenvalue weighted by molar-refractivity contribution is 5.63. The van der Waals surface area contributed by atoms with E-state index in [9.17, 15) is 4.39 Å². The van der Waals surface area contributed by atoms with E-state index in [1.54, 1.807) is 30.8 Å². The number of benzene rings is 1. The fraction of sp³-hybridized carbons (Fsp3) is 0.500. The zero-order chi connectivity index (χ0) is 15.4. The van der Waals surface area contributed by atoms with Crippen LogP contribution in [0.2, 0.25) is 0 Å². The van der Waals surface area contributed by atoms with Crippen molar-refractivity contribution in [1.82, 2.24) is 20.2 Å². The van der Waals surface area contributed by atoms with Crippen LogP contribution < -0.4 is 5.73 Å². The first-order valence-corrected chi connectivity index (χ1v) is 6.91. The maximum Gasteiger partial charge on any atom is 0.185 e. The molecule has 7 heteroatoms. The smallest absolute Gasteiger partial charge is 0.185 e. The highest BCUT2D eigenvalue weighted by atomic mass is 19.1. The Morgan fingerprint density at radius 2 is 2.19 bits per heavy atom. The van der Waals surface area contributed by atoms with Crippen LogP contribution in [0.15, 0.2) is 12.1 Å². The van der Waals surface area contributed by atoms with Crippen LogP contribution in [-0.2, 0) is 4.74 Å². The average molecular weight is 293 g/mol. The molecule has 21 heavy (non-hydrogen) atoms. The Morgan fingerprint density at radius 3 is 2.86 bits per heavy atom. The first kappa shape index (κ1) is 15.4. The van der Waals surface area contributed by atoms with Gasteiger partial charge in [-0.15, -0.1) is 5.10 Å². The van der Waals surface area contributed by atoms with Crippen LogP contribution in [0, 0.1) is 12.7 Å². The number of ether oxygens (including phenoxy) is 1. The molecule has 1 unspecified atom stereocenters. The van der Waals surface area contributed by atoms with Crippen LogP contribution in [0.4, 0.5) is 10.1 Å². The van der Waals surface area contributed by atoms with Gasteiger partial charge < -0.3 is 10.5 Å². The van der Waals surface area contributed by atoms with E-state index >= 15 is 0 Å². The largest absolute Gasteiger partial charge is 0.399 e. The number of hydrogen-bond donors (Lipinski definition) is 1. The lowest BCUT2D eigenvalue weighted by Crippen LogP contribution is -2.17. The predicted octanol–water partition coefficient (Wildman–Crippen LogP) is 2.36. The van der Waals surface area contributed by atoms with E-state index in [0.29, 0.717) is 29.2 Å². The maximum atomic E-state index is 14.4. The van der Waals surface area contributed by atoms with E-state index in [2.05, 4.69) is 22.4 Å². The highest BCUT2D eigenvalue weighted by Crippen LogP contribution is 2.28. The van der Waals surface area contributed by atoms with Gasteiger partial charge in [0.1, 0.15) is 5.82 Å². The van der Waals surface area contributed by atoms with Crippen molar-refractivity contribution in [2.24, 2.45) is 0 Å². The van der Waals surface area contributed by atoms with Gasteiger partial charge in [-0.3, -0.25) is 0 Å². The number of nitrogen functional groups attached to an aromatic ring is 1. The normalized spacial score (nSPS) is 12.6. The van der Waals surface area contributed by atoms with Gasteiger partial charge in [0.15, 0.2) is 5.82 Å². The molecule has 0 amide bonds. The molecule has 1 heterocycles. The van der Waals surface area contributed by atoms with E-state index in [4.69, 9.17) is 10.5 Å². The molecule has 0 bridgehead atoms. The molecule has 2 N–H and O–H groups in total. The summed E-state index contributed by atoms with van der Waals surface area (Å²) in [6.07, 6.45) is 1.79. The molecule has 114 valence electrons. The third kappa shape index (κ3) is 3.18. The second kappa shape index (κ2) is 6.62. The van der Waals surface area contributed by atoms with E-state index in [0.717, 1.165) is 12.8 Å². The number of anilines is 1. The summed E-state index contributed by atoms with van der Waals surface area (Å²) in [5.74, 6) is 0.0197. The number of tetrazole rings is 1. The van der Waals surface area contributed by atoms with E-state index in [1.807, 2.05) is 0 Å². The van der Waals surface area contributed by atoms with E-state index in [1.165, 1.54) is 0 Å². The van der Waals surface area contributed by atoms with Crippen molar-refractivity contribution < 1.29 is 9.13 Å². The fourth-order valence-corrected chi connectivity index (χ4v) is 2.38. The number of halogens is 1. The summed E-state index contributed by atoms with van der Waals surface area (Å²) in [5, 5.41) is 11.6. The molecule has 0 saturated carbocycles. The zero-order valence-electron chi connectivity index (χ0n) is 12.5. The molecule has 1 aromatic carbocycles. The van der Waals surface area contributed by atoms with Gasteiger partial charge in [0.05, 0.1) is 18.2 Å². The van der Waals surface area contributed by atoms with Crippen molar-refractivity contribution >= 4 is 5.69 Å². The summed E-state index contributed by atoms with van der Waals surface area (Å²) < 4.78 is 21.2. The summed E-state index contributed by atoms with van der Waals surface area (Å²) >= 11 is 0. The minimum Gasteiger partial charge on any atom is -0.399 e. The Kier molecular flexibility index (Phi) is 4.85. The molecular formula is C14H20FN5O. The second-order valence-electron chi connectivity index (χ2n) is 5.04. The molecule has 0 aliphatic rings. The quantitative estimate of drug-likeness (QED) is 0.827. The Bertz CT molecular complexity index is 607. The summed E-state index contributed by atoms with van der Waals surface area (Å²) in [6.45, 7) is 4.20.